The highest BCUT2D eigenvalue weighted by Crippen LogP contribution is 2.28. The number of carbonyl (C=O) groups excluding carboxylic acids is 1. The molecule has 1 fully saturated rings. The van der Waals surface area contributed by atoms with Crippen LogP contribution in [0.15, 0.2) is 30.4 Å². The van der Waals surface area contributed by atoms with Crippen LogP contribution >= 0.6 is 23.2 Å². The van der Waals surface area contributed by atoms with Gasteiger partial charge >= 0.3 is 5.97 Å². The Balaban J connectivity index is 1.57. The molecular weight excluding hydrogens is 375 g/mol. The van der Waals surface area contributed by atoms with Gasteiger partial charge in [-0.3, -0.25) is 14.5 Å². The SMILES string of the molecule is O=C(O)[C@H]1CC=CC[C@@H]1C(=O)N1CCN(Cc2ccc(Cl)cc2Cl)CC1. The number of halogens is 2. The van der Waals surface area contributed by atoms with Crippen molar-refractivity contribution in [1.29, 1.82) is 0 Å². The predicted molar refractivity (Wildman–Crippen MR) is 101 cm³/mol. The first-order chi connectivity index (χ1) is 12.5. The number of carboxylic acids is 1. The average Bonchev–Trinajstić information content (AvgIpc) is 2.64. The van der Waals surface area contributed by atoms with Crippen LogP contribution in [0.4, 0.5) is 0 Å². The maximum absolute atomic E-state index is 12.8. The lowest BCUT2D eigenvalue weighted by Crippen LogP contribution is -2.51. The topological polar surface area (TPSA) is 60.9 Å². The summed E-state index contributed by atoms with van der Waals surface area (Å²) in [6, 6.07) is 5.49. The fourth-order valence-electron chi connectivity index (χ4n) is 3.61. The summed E-state index contributed by atoms with van der Waals surface area (Å²) in [7, 11) is 0. The van der Waals surface area contributed by atoms with Crippen LogP contribution in [0.1, 0.15) is 18.4 Å². The lowest BCUT2D eigenvalue weighted by atomic mass is 9.82. The number of carboxylic acid groups (broad SMARTS) is 1. The number of hydrogen-bond acceptors (Lipinski definition) is 3. The quantitative estimate of drug-likeness (QED) is 0.793. The maximum Gasteiger partial charge on any atom is 0.307 e. The van der Waals surface area contributed by atoms with E-state index in [1.807, 2.05) is 24.3 Å². The molecule has 0 saturated carbocycles. The van der Waals surface area contributed by atoms with E-state index in [-0.39, 0.29) is 5.91 Å². The van der Waals surface area contributed by atoms with Crippen molar-refractivity contribution in [1.82, 2.24) is 9.80 Å². The molecular formula is C19H22Cl2N2O3. The molecule has 0 spiro atoms. The highest BCUT2D eigenvalue weighted by molar-refractivity contribution is 6.35. The molecule has 3 rings (SSSR count). The summed E-state index contributed by atoms with van der Waals surface area (Å²) in [5, 5.41) is 10.6. The number of carbonyl (C=O) groups is 2. The van der Waals surface area contributed by atoms with Gasteiger partial charge in [0, 0.05) is 42.8 Å². The van der Waals surface area contributed by atoms with E-state index in [1.165, 1.54) is 0 Å². The summed E-state index contributed by atoms with van der Waals surface area (Å²) in [6.07, 6.45) is 4.72. The van der Waals surface area contributed by atoms with Crippen molar-refractivity contribution in [3.63, 3.8) is 0 Å². The van der Waals surface area contributed by atoms with Crippen LogP contribution in [-0.2, 0) is 16.1 Å². The minimum absolute atomic E-state index is 0.0362. The Morgan fingerprint density at radius 1 is 1.04 bits per heavy atom. The van der Waals surface area contributed by atoms with Crippen molar-refractivity contribution in [2.75, 3.05) is 26.2 Å². The van der Waals surface area contributed by atoms with Crippen LogP contribution in [0.2, 0.25) is 10.0 Å². The number of benzene rings is 1. The highest BCUT2D eigenvalue weighted by Gasteiger charge is 2.37. The van der Waals surface area contributed by atoms with Crippen LogP contribution in [0.25, 0.3) is 0 Å². The lowest BCUT2D eigenvalue weighted by Gasteiger charge is -2.37. The molecule has 1 N–H and O–H groups in total. The Kier molecular flexibility index (Phi) is 6.22. The van der Waals surface area contributed by atoms with Gasteiger partial charge in [0.15, 0.2) is 0 Å². The zero-order valence-electron chi connectivity index (χ0n) is 14.4. The Bertz CT molecular complexity index is 715. The van der Waals surface area contributed by atoms with Crippen molar-refractivity contribution >= 4 is 35.1 Å². The summed E-state index contributed by atoms with van der Waals surface area (Å²) in [5.74, 6) is -1.98. The number of nitrogens with zero attached hydrogens (tertiary/aromatic N) is 2. The van der Waals surface area contributed by atoms with E-state index in [1.54, 1.807) is 11.0 Å². The normalized spacial score (nSPS) is 23.8. The van der Waals surface area contributed by atoms with E-state index in [4.69, 9.17) is 23.2 Å². The first kappa shape index (κ1) is 19.2. The molecule has 1 aliphatic carbocycles. The molecule has 0 radical (unpaired) electrons. The number of allylic oxidation sites excluding steroid dienone is 2. The highest BCUT2D eigenvalue weighted by atomic mass is 35.5. The predicted octanol–water partition coefficient (Wildman–Crippen LogP) is 3.30. The second kappa shape index (κ2) is 8.42. The summed E-state index contributed by atoms with van der Waals surface area (Å²) < 4.78 is 0. The Labute approximate surface area is 163 Å². The number of piperazine rings is 1. The van der Waals surface area contributed by atoms with E-state index in [2.05, 4.69) is 4.90 Å². The molecule has 1 aromatic rings. The lowest BCUT2D eigenvalue weighted by molar-refractivity contribution is -0.151. The fraction of sp³-hybridized carbons (Fsp3) is 0.474. The molecule has 1 saturated heterocycles. The molecule has 1 amide bonds. The van der Waals surface area contributed by atoms with Crippen LogP contribution in [-0.4, -0.2) is 53.0 Å². The number of hydrogen-bond donors (Lipinski definition) is 1. The second-order valence-corrected chi connectivity index (χ2v) is 7.67. The zero-order valence-corrected chi connectivity index (χ0v) is 15.9. The molecule has 2 aliphatic rings. The van der Waals surface area contributed by atoms with Gasteiger partial charge in [0.25, 0.3) is 0 Å². The van der Waals surface area contributed by atoms with Gasteiger partial charge < -0.3 is 10.0 Å². The molecule has 0 unspecified atom stereocenters. The Morgan fingerprint density at radius 2 is 1.69 bits per heavy atom. The van der Waals surface area contributed by atoms with Crippen molar-refractivity contribution in [2.45, 2.75) is 19.4 Å². The van der Waals surface area contributed by atoms with Crippen LogP contribution in [0, 0.1) is 11.8 Å². The Morgan fingerprint density at radius 3 is 2.31 bits per heavy atom. The largest absolute Gasteiger partial charge is 0.481 e. The maximum atomic E-state index is 12.8. The molecule has 1 aromatic carbocycles. The van der Waals surface area contributed by atoms with E-state index in [0.717, 1.165) is 18.7 Å². The molecule has 0 bridgehead atoms. The molecule has 1 aliphatic heterocycles. The molecule has 7 heteroatoms. The standard InChI is InChI=1S/C19H22Cl2N2O3/c20-14-6-5-13(17(21)11-14)12-22-7-9-23(10-8-22)18(24)15-3-1-2-4-16(15)19(25)26/h1-2,5-6,11,15-16H,3-4,7-10,12H2,(H,25,26)/t15-,16-/m0/s1. The minimum Gasteiger partial charge on any atom is -0.481 e. The van der Waals surface area contributed by atoms with E-state index in [0.29, 0.717) is 42.5 Å². The summed E-state index contributed by atoms with van der Waals surface area (Å²) in [6.45, 7) is 3.41. The molecule has 5 nitrogen and oxygen atoms in total. The average molecular weight is 397 g/mol. The smallest absolute Gasteiger partial charge is 0.307 e. The Hall–Kier alpha value is -1.56. The van der Waals surface area contributed by atoms with Gasteiger partial charge in [0.05, 0.1) is 11.8 Å². The van der Waals surface area contributed by atoms with Gasteiger partial charge in [-0.05, 0) is 30.5 Å². The number of aliphatic carboxylic acids is 1. The van der Waals surface area contributed by atoms with Crippen molar-refractivity contribution in [3.05, 3.63) is 46.0 Å². The second-order valence-electron chi connectivity index (χ2n) is 6.83. The van der Waals surface area contributed by atoms with Gasteiger partial charge in [-0.25, -0.2) is 0 Å². The summed E-state index contributed by atoms with van der Waals surface area (Å²) in [4.78, 5) is 28.3. The first-order valence-corrected chi connectivity index (χ1v) is 9.54. The number of rotatable bonds is 4. The van der Waals surface area contributed by atoms with E-state index in [9.17, 15) is 14.7 Å². The van der Waals surface area contributed by atoms with Crippen LogP contribution in [0.3, 0.4) is 0 Å². The summed E-state index contributed by atoms with van der Waals surface area (Å²) >= 11 is 12.2. The zero-order chi connectivity index (χ0) is 18.7. The van der Waals surface area contributed by atoms with E-state index >= 15 is 0 Å². The third-order valence-electron chi connectivity index (χ3n) is 5.16. The van der Waals surface area contributed by atoms with Gasteiger partial charge in [-0.2, -0.15) is 0 Å². The molecule has 1 heterocycles. The molecule has 140 valence electrons. The third kappa shape index (κ3) is 4.40. The fourth-order valence-corrected chi connectivity index (χ4v) is 4.08. The first-order valence-electron chi connectivity index (χ1n) is 8.78. The minimum atomic E-state index is -0.885. The van der Waals surface area contributed by atoms with Crippen LogP contribution < -0.4 is 0 Å². The molecule has 0 aromatic heterocycles. The van der Waals surface area contributed by atoms with Gasteiger partial charge in [0.2, 0.25) is 5.91 Å². The number of amides is 1. The molecule has 26 heavy (non-hydrogen) atoms. The van der Waals surface area contributed by atoms with Crippen molar-refractivity contribution in [3.8, 4) is 0 Å². The summed E-state index contributed by atoms with van der Waals surface area (Å²) in [5.41, 5.74) is 1.01. The van der Waals surface area contributed by atoms with Gasteiger partial charge in [-0.1, -0.05) is 41.4 Å². The van der Waals surface area contributed by atoms with Crippen LogP contribution in [0.5, 0.6) is 0 Å². The van der Waals surface area contributed by atoms with Gasteiger partial charge in [-0.15, -0.1) is 0 Å². The monoisotopic (exact) mass is 396 g/mol. The van der Waals surface area contributed by atoms with E-state index < -0.39 is 17.8 Å². The third-order valence-corrected chi connectivity index (χ3v) is 5.75. The van der Waals surface area contributed by atoms with Crippen molar-refractivity contribution < 1.29 is 14.7 Å². The van der Waals surface area contributed by atoms with Gasteiger partial charge in [0.1, 0.15) is 0 Å². The molecule has 2 atom stereocenters. The van der Waals surface area contributed by atoms with Crippen molar-refractivity contribution in [2.24, 2.45) is 11.8 Å².